The number of thioether (sulfide) groups is 1. The van der Waals surface area contributed by atoms with Crippen LogP contribution in [-0.4, -0.2) is 51.2 Å². The molecule has 1 saturated heterocycles. The smallest absolute Gasteiger partial charge is 0.323 e. The fourth-order valence-corrected chi connectivity index (χ4v) is 9.91. The van der Waals surface area contributed by atoms with E-state index in [0.717, 1.165) is 32.5 Å². The number of aliphatic carboxylic acids is 1. The minimum absolute atomic E-state index is 0.0441. The van der Waals surface area contributed by atoms with Gasteiger partial charge in [0, 0.05) is 15.5 Å². The number of carboxylic acid groups (broad SMARTS) is 1. The summed E-state index contributed by atoms with van der Waals surface area (Å²) in [6.07, 6.45) is 0.758. The highest BCUT2D eigenvalue weighted by Crippen LogP contribution is 2.73. The van der Waals surface area contributed by atoms with Crippen LogP contribution >= 0.6 is 23.1 Å². The summed E-state index contributed by atoms with van der Waals surface area (Å²) in [5, 5.41) is 10.1. The average molecular weight is 487 g/mol. The van der Waals surface area contributed by atoms with Gasteiger partial charge in [0.1, 0.15) is 12.3 Å². The molecule has 8 nitrogen and oxygen atoms in total. The molecule has 2 amide bonds. The summed E-state index contributed by atoms with van der Waals surface area (Å²) in [5.41, 5.74) is 1.05. The molecule has 0 radical (unpaired) electrons. The van der Waals surface area contributed by atoms with E-state index in [0.29, 0.717) is 0 Å². The minimum atomic E-state index is -1.18. The monoisotopic (exact) mass is 486 g/mol. The van der Waals surface area contributed by atoms with Crippen molar-refractivity contribution in [1.82, 2.24) is 9.88 Å². The molecule has 10 heteroatoms. The normalized spacial score (nSPS) is 36.0. The summed E-state index contributed by atoms with van der Waals surface area (Å²) in [6.45, 7) is 1.57. The molecule has 7 atom stereocenters. The van der Waals surface area contributed by atoms with Crippen molar-refractivity contribution < 1.29 is 24.2 Å². The lowest BCUT2D eigenvalue weighted by Gasteiger charge is -2.50. The number of hydrogen-bond donors (Lipinski definition) is 2. The topological polar surface area (TPSA) is 117 Å². The Morgan fingerprint density at radius 2 is 1.91 bits per heavy atom. The van der Waals surface area contributed by atoms with Crippen LogP contribution in [0.3, 0.4) is 0 Å². The molecule has 0 spiro atoms. The number of carboxylic acids is 1. The maximum Gasteiger partial charge on any atom is 0.323 e. The first-order chi connectivity index (χ1) is 15.7. The van der Waals surface area contributed by atoms with Gasteiger partial charge in [-0.05, 0) is 48.8 Å². The minimum Gasteiger partial charge on any atom is -0.497 e. The Kier molecular flexibility index (Phi) is 4.42. The lowest BCUT2D eigenvalue weighted by Crippen LogP contribution is -2.50. The number of likely N-dealkylation sites (tertiary alicyclic amines) is 1. The molecule has 2 saturated carbocycles. The zero-order valence-electron chi connectivity index (χ0n) is 17.9. The van der Waals surface area contributed by atoms with Gasteiger partial charge in [0.15, 0.2) is 0 Å². The molecule has 0 unspecified atom stereocenters. The van der Waals surface area contributed by atoms with E-state index in [1.165, 1.54) is 11.3 Å². The Morgan fingerprint density at radius 1 is 1.21 bits per heavy atom. The Hall–Kier alpha value is -2.59. The number of aromatic amines is 1. The van der Waals surface area contributed by atoms with Gasteiger partial charge in [-0.2, -0.15) is 0 Å². The molecule has 1 aromatic heterocycles. The van der Waals surface area contributed by atoms with Crippen LogP contribution in [0.1, 0.15) is 29.7 Å². The van der Waals surface area contributed by atoms with E-state index in [9.17, 15) is 24.3 Å². The van der Waals surface area contributed by atoms with E-state index in [1.54, 1.807) is 18.9 Å². The zero-order valence-corrected chi connectivity index (χ0v) is 19.6. The summed E-state index contributed by atoms with van der Waals surface area (Å²) in [4.78, 5) is 54.9. The highest BCUT2D eigenvalue weighted by molar-refractivity contribution is 8.00. The molecule has 1 aromatic carbocycles. The van der Waals surface area contributed by atoms with Gasteiger partial charge in [-0.3, -0.25) is 24.1 Å². The van der Waals surface area contributed by atoms with Gasteiger partial charge in [0.2, 0.25) is 11.8 Å². The predicted molar refractivity (Wildman–Crippen MR) is 120 cm³/mol. The Balaban J connectivity index is 1.48. The fraction of sp³-hybridized carbons (Fsp3) is 0.478. The van der Waals surface area contributed by atoms with E-state index in [-0.39, 0.29) is 45.1 Å². The summed E-state index contributed by atoms with van der Waals surface area (Å²) in [5.74, 6) is -2.28. The number of hydrogen-bond acceptors (Lipinski definition) is 7. The summed E-state index contributed by atoms with van der Waals surface area (Å²) in [7, 11) is 1.61. The van der Waals surface area contributed by atoms with Gasteiger partial charge in [0.25, 0.3) is 0 Å². The van der Waals surface area contributed by atoms with E-state index in [1.807, 2.05) is 24.3 Å². The number of H-pyrrole nitrogens is 1. The number of aromatic nitrogens is 1. The largest absolute Gasteiger partial charge is 0.497 e. The Labute approximate surface area is 197 Å². The van der Waals surface area contributed by atoms with Crippen molar-refractivity contribution in [1.29, 1.82) is 0 Å². The van der Waals surface area contributed by atoms with Crippen LogP contribution in [0.15, 0.2) is 34.1 Å². The van der Waals surface area contributed by atoms with Crippen LogP contribution in [0.5, 0.6) is 5.75 Å². The molecule has 172 valence electrons. The molecule has 2 aliphatic heterocycles. The second kappa shape index (κ2) is 6.96. The van der Waals surface area contributed by atoms with E-state index < -0.39 is 24.3 Å². The van der Waals surface area contributed by atoms with Crippen LogP contribution in [0.4, 0.5) is 0 Å². The SMILES string of the molecule is COc1ccc([C@@H]2c3sc(=O)[nH]c3S[C@@]3(C)[C@@H]2[C@@H]2C[C@@H]3[C@H]3C(=O)N(CC(=O)O)C(=O)[C@H]23)cc1. The van der Waals surface area contributed by atoms with Crippen LogP contribution < -0.4 is 9.61 Å². The van der Waals surface area contributed by atoms with Crippen molar-refractivity contribution >= 4 is 40.9 Å². The van der Waals surface area contributed by atoms with Crippen molar-refractivity contribution in [2.24, 2.45) is 29.6 Å². The zero-order chi connectivity index (χ0) is 23.2. The number of amides is 2. The van der Waals surface area contributed by atoms with Crippen molar-refractivity contribution in [3.05, 3.63) is 44.4 Å². The third-order valence-electron chi connectivity index (χ3n) is 8.14. The van der Waals surface area contributed by atoms with Gasteiger partial charge in [-0.25, -0.2) is 0 Å². The second-order valence-electron chi connectivity index (χ2n) is 9.48. The number of imide groups is 1. The molecule has 2 aromatic rings. The predicted octanol–water partition coefficient (Wildman–Crippen LogP) is 2.39. The first-order valence-corrected chi connectivity index (χ1v) is 12.5. The van der Waals surface area contributed by atoms with Crippen molar-refractivity contribution in [2.75, 3.05) is 13.7 Å². The molecular formula is C23H22N2O6S2. The van der Waals surface area contributed by atoms with E-state index >= 15 is 0 Å². The van der Waals surface area contributed by atoms with Crippen LogP contribution in [0, 0.1) is 29.6 Å². The molecular weight excluding hydrogens is 464 g/mol. The standard InChI is InChI=1S/C23H22N2O6S2/c1-23-12-7-11(15-16(12)21(29)25(20(15)28)8-13(26)27)17(23)14(9-3-5-10(31-2)6-4-9)18-19(33-23)24-22(30)32-18/h3-6,11-12,14-17H,7-8H2,1-2H3,(H,24,30)(H,26,27)/t11-,12-,14+,15-,16-,17-,23-/m1/s1. The number of ether oxygens (including phenoxy) is 1. The number of fused-ring (bicyclic) bond motifs is 9. The number of carbonyl (C=O) groups is 3. The second-order valence-corrected chi connectivity index (χ2v) is 12.0. The van der Waals surface area contributed by atoms with Crippen molar-refractivity contribution in [3.63, 3.8) is 0 Å². The fourth-order valence-electron chi connectivity index (χ4n) is 7.04. The molecule has 2 N–H and O–H groups in total. The van der Waals surface area contributed by atoms with Crippen molar-refractivity contribution in [3.8, 4) is 5.75 Å². The third-order valence-corrected chi connectivity index (χ3v) is 10.8. The summed E-state index contributed by atoms with van der Waals surface area (Å²) < 4.78 is 4.96. The molecule has 3 fully saturated rings. The van der Waals surface area contributed by atoms with E-state index in [4.69, 9.17) is 4.74 Å². The van der Waals surface area contributed by atoms with Crippen molar-refractivity contribution in [2.45, 2.75) is 29.0 Å². The molecule has 3 heterocycles. The molecule has 2 bridgehead atoms. The summed E-state index contributed by atoms with van der Waals surface area (Å²) in [6, 6.07) is 7.82. The molecule has 2 aliphatic carbocycles. The molecule has 33 heavy (non-hydrogen) atoms. The lowest BCUT2D eigenvalue weighted by atomic mass is 9.63. The van der Waals surface area contributed by atoms with Gasteiger partial charge in [-0.1, -0.05) is 23.5 Å². The van der Waals surface area contributed by atoms with Gasteiger partial charge >= 0.3 is 10.8 Å². The number of carbonyl (C=O) groups excluding carboxylic acids is 2. The number of thiazole rings is 1. The third kappa shape index (κ3) is 2.70. The highest BCUT2D eigenvalue weighted by Gasteiger charge is 2.73. The van der Waals surface area contributed by atoms with Crippen LogP contribution in [0.2, 0.25) is 0 Å². The first-order valence-electron chi connectivity index (χ1n) is 10.9. The first kappa shape index (κ1) is 21.0. The maximum atomic E-state index is 13.2. The Morgan fingerprint density at radius 3 is 2.58 bits per heavy atom. The Bertz CT molecular complexity index is 1250. The van der Waals surface area contributed by atoms with Gasteiger partial charge in [0.05, 0.1) is 24.0 Å². The number of nitrogens with one attached hydrogen (secondary N) is 1. The van der Waals surface area contributed by atoms with Crippen LogP contribution in [-0.2, 0) is 14.4 Å². The van der Waals surface area contributed by atoms with Gasteiger partial charge < -0.3 is 14.8 Å². The quantitative estimate of drug-likeness (QED) is 0.638. The summed E-state index contributed by atoms with van der Waals surface area (Å²) >= 11 is 2.83. The molecule has 4 aliphatic rings. The maximum absolute atomic E-state index is 13.2. The van der Waals surface area contributed by atoms with Gasteiger partial charge in [-0.15, -0.1) is 11.8 Å². The highest BCUT2D eigenvalue weighted by atomic mass is 32.2. The average Bonchev–Trinajstić information content (AvgIpc) is 3.48. The number of rotatable bonds is 4. The van der Waals surface area contributed by atoms with Crippen LogP contribution in [0.25, 0.3) is 0 Å². The number of methoxy groups -OCH3 is 1. The number of nitrogens with zero attached hydrogens (tertiary/aromatic N) is 1. The molecule has 6 rings (SSSR count). The van der Waals surface area contributed by atoms with E-state index in [2.05, 4.69) is 11.9 Å². The number of benzene rings is 1. The lowest BCUT2D eigenvalue weighted by molar-refractivity contribution is -0.149.